The van der Waals surface area contributed by atoms with Crippen molar-refractivity contribution in [1.82, 2.24) is 0 Å². The third-order valence-corrected chi connectivity index (χ3v) is 3.36. The van der Waals surface area contributed by atoms with Crippen LogP contribution in [0.4, 0.5) is 0 Å². The van der Waals surface area contributed by atoms with Crippen molar-refractivity contribution in [3.8, 4) is 0 Å². The molecule has 0 amide bonds. The average molecular weight is 187 g/mol. The van der Waals surface area contributed by atoms with Crippen molar-refractivity contribution in [1.29, 1.82) is 0 Å². The lowest BCUT2D eigenvalue weighted by Crippen LogP contribution is -2.38. The Bertz CT molecular complexity index is 222. The Morgan fingerprint density at radius 2 is 2.33 bits per heavy atom. The van der Waals surface area contributed by atoms with E-state index in [1.807, 2.05) is 6.92 Å². The molecule has 2 atom stereocenters. The second kappa shape index (κ2) is 3.21. The molecule has 1 fully saturated rings. The van der Waals surface area contributed by atoms with Gasteiger partial charge in [0.1, 0.15) is 4.87 Å². The van der Waals surface area contributed by atoms with Crippen LogP contribution in [0, 0.1) is 5.92 Å². The van der Waals surface area contributed by atoms with E-state index in [-0.39, 0.29) is 5.78 Å². The minimum absolute atomic E-state index is 0.149. The monoisotopic (exact) mass is 186 g/mol. The Labute approximate surface area is 78.8 Å². The van der Waals surface area contributed by atoms with Crippen molar-refractivity contribution in [2.24, 2.45) is 5.92 Å². The third-order valence-electron chi connectivity index (χ3n) is 2.63. The highest BCUT2D eigenvalue weighted by Crippen LogP contribution is 2.38. The normalized spacial score (nSPS) is 36.6. The van der Waals surface area contributed by atoms with E-state index < -0.39 is 4.87 Å². The van der Waals surface area contributed by atoms with Crippen molar-refractivity contribution in [3.05, 3.63) is 12.2 Å². The summed E-state index contributed by atoms with van der Waals surface area (Å²) >= 11 is 6.18. The van der Waals surface area contributed by atoms with Gasteiger partial charge in [0.05, 0.1) is 0 Å². The lowest BCUT2D eigenvalue weighted by Gasteiger charge is -2.32. The summed E-state index contributed by atoms with van der Waals surface area (Å²) in [5.41, 5.74) is 0.793. The molecule has 1 saturated carbocycles. The smallest absolute Gasteiger partial charge is 0.158 e. The van der Waals surface area contributed by atoms with Gasteiger partial charge >= 0.3 is 0 Å². The van der Waals surface area contributed by atoms with Crippen molar-refractivity contribution >= 4 is 17.4 Å². The zero-order valence-corrected chi connectivity index (χ0v) is 8.45. The lowest BCUT2D eigenvalue weighted by atomic mass is 9.78. The van der Waals surface area contributed by atoms with Crippen molar-refractivity contribution < 1.29 is 4.79 Å². The molecule has 0 radical (unpaired) electrons. The number of halogens is 1. The summed E-state index contributed by atoms with van der Waals surface area (Å²) in [7, 11) is 0. The number of carbonyl (C=O) groups is 1. The highest BCUT2D eigenvalue weighted by Gasteiger charge is 2.40. The first-order valence-electron chi connectivity index (χ1n) is 4.35. The largest absolute Gasteiger partial charge is 0.297 e. The number of alkyl halides is 1. The molecule has 2 unspecified atom stereocenters. The summed E-state index contributed by atoms with van der Waals surface area (Å²) in [5, 5.41) is 0. The second-order valence-corrected chi connectivity index (χ2v) is 4.50. The van der Waals surface area contributed by atoms with Crippen LogP contribution in [0.2, 0.25) is 0 Å². The highest BCUT2D eigenvalue weighted by atomic mass is 35.5. The first-order chi connectivity index (χ1) is 5.47. The molecule has 0 heterocycles. The van der Waals surface area contributed by atoms with Gasteiger partial charge in [-0.2, -0.15) is 0 Å². The molecular formula is C10H15ClO. The standard InChI is InChI=1S/C10H15ClO/c1-7(2)10(11)5-4-8(3)6-9(10)12/h8H,1,4-6H2,2-3H3. The Hall–Kier alpha value is -0.300. The van der Waals surface area contributed by atoms with Crippen LogP contribution in [0.1, 0.15) is 33.1 Å². The van der Waals surface area contributed by atoms with Crippen LogP contribution in [-0.4, -0.2) is 10.7 Å². The molecule has 0 aromatic rings. The molecule has 0 aliphatic heterocycles. The Morgan fingerprint density at radius 1 is 1.75 bits per heavy atom. The molecule has 2 heteroatoms. The van der Waals surface area contributed by atoms with Crippen LogP contribution in [0.25, 0.3) is 0 Å². The fraction of sp³-hybridized carbons (Fsp3) is 0.700. The van der Waals surface area contributed by atoms with Gasteiger partial charge in [0.25, 0.3) is 0 Å². The molecule has 0 aromatic heterocycles. The predicted molar refractivity (Wildman–Crippen MR) is 51.4 cm³/mol. The van der Waals surface area contributed by atoms with Crippen molar-refractivity contribution in [2.75, 3.05) is 0 Å². The molecule has 0 spiro atoms. The van der Waals surface area contributed by atoms with Crippen LogP contribution in [-0.2, 0) is 4.79 Å². The van der Waals surface area contributed by atoms with E-state index in [0.29, 0.717) is 12.3 Å². The van der Waals surface area contributed by atoms with E-state index in [1.165, 1.54) is 0 Å². The molecule has 1 aliphatic carbocycles. The molecule has 12 heavy (non-hydrogen) atoms. The molecule has 0 N–H and O–H groups in total. The van der Waals surface area contributed by atoms with Gasteiger partial charge in [-0.05, 0) is 25.7 Å². The highest BCUT2D eigenvalue weighted by molar-refractivity contribution is 6.37. The van der Waals surface area contributed by atoms with Crippen molar-refractivity contribution in [3.63, 3.8) is 0 Å². The van der Waals surface area contributed by atoms with Gasteiger partial charge in [-0.1, -0.05) is 19.1 Å². The van der Waals surface area contributed by atoms with Crippen molar-refractivity contribution in [2.45, 2.75) is 38.0 Å². The molecule has 0 saturated heterocycles. The van der Waals surface area contributed by atoms with Gasteiger partial charge in [-0.25, -0.2) is 0 Å². The summed E-state index contributed by atoms with van der Waals surface area (Å²) in [6, 6.07) is 0. The van der Waals surface area contributed by atoms with E-state index in [1.54, 1.807) is 0 Å². The van der Waals surface area contributed by atoms with Crippen LogP contribution in [0.15, 0.2) is 12.2 Å². The minimum atomic E-state index is -0.744. The molecule has 1 aliphatic rings. The van der Waals surface area contributed by atoms with Gasteiger partial charge in [0.2, 0.25) is 0 Å². The number of Topliss-reactive ketones (excluding diaryl/α,β-unsaturated/α-hetero) is 1. The lowest BCUT2D eigenvalue weighted by molar-refractivity contribution is -0.123. The number of hydrogen-bond donors (Lipinski definition) is 0. The summed E-state index contributed by atoms with van der Waals surface area (Å²) in [4.78, 5) is 10.8. The van der Waals surface area contributed by atoms with Gasteiger partial charge in [0.15, 0.2) is 5.78 Å². The second-order valence-electron chi connectivity index (χ2n) is 3.85. The van der Waals surface area contributed by atoms with Crippen LogP contribution in [0.5, 0.6) is 0 Å². The van der Waals surface area contributed by atoms with E-state index >= 15 is 0 Å². The molecule has 0 bridgehead atoms. The molecule has 1 rings (SSSR count). The SMILES string of the molecule is C=C(C)C1(Cl)CCC(C)CC1=O. The summed E-state index contributed by atoms with van der Waals surface area (Å²) in [5.74, 6) is 0.638. The summed E-state index contributed by atoms with van der Waals surface area (Å²) in [6.07, 6.45) is 2.39. The van der Waals surface area contributed by atoms with Gasteiger partial charge in [-0.15, -0.1) is 11.6 Å². The number of ketones is 1. The zero-order chi connectivity index (χ0) is 9.35. The van der Waals surface area contributed by atoms with Gasteiger partial charge in [0, 0.05) is 6.42 Å². The van der Waals surface area contributed by atoms with Gasteiger partial charge in [-0.3, -0.25) is 4.79 Å². The fourth-order valence-electron chi connectivity index (χ4n) is 1.62. The van der Waals surface area contributed by atoms with E-state index in [0.717, 1.165) is 18.4 Å². The number of carbonyl (C=O) groups excluding carboxylic acids is 1. The van der Waals surface area contributed by atoms with E-state index in [9.17, 15) is 4.79 Å². The fourth-order valence-corrected chi connectivity index (χ4v) is 1.80. The minimum Gasteiger partial charge on any atom is -0.297 e. The predicted octanol–water partition coefficient (Wildman–Crippen LogP) is 2.93. The topological polar surface area (TPSA) is 17.1 Å². The molecular weight excluding hydrogens is 172 g/mol. The molecule has 1 nitrogen and oxygen atoms in total. The Morgan fingerprint density at radius 3 is 2.75 bits per heavy atom. The number of rotatable bonds is 1. The Kier molecular flexibility index (Phi) is 2.62. The van der Waals surface area contributed by atoms with Crippen LogP contribution >= 0.6 is 11.6 Å². The van der Waals surface area contributed by atoms with Crippen LogP contribution in [0.3, 0.4) is 0 Å². The number of allylic oxidation sites excluding steroid dienone is 1. The maximum atomic E-state index is 11.6. The Balaban J connectivity index is 2.80. The molecule has 0 aromatic carbocycles. The van der Waals surface area contributed by atoms with E-state index in [2.05, 4.69) is 13.5 Å². The number of hydrogen-bond acceptors (Lipinski definition) is 1. The first kappa shape index (κ1) is 9.79. The first-order valence-corrected chi connectivity index (χ1v) is 4.73. The maximum absolute atomic E-state index is 11.6. The summed E-state index contributed by atoms with van der Waals surface area (Å²) < 4.78 is 0. The van der Waals surface area contributed by atoms with Crippen LogP contribution < -0.4 is 0 Å². The maximum Gasteiger partial charge on any atom is 0.158 e. The average Bonchev–Trinajstić information content (AvgIpc) is 1.97. The van der Waals surface area contributed by atoms with E-state index in [4.69, 9.17) is 11.6 Å². The quantitative estimate of drug-likeness (QED) is 0.455. The summed E-state index contributed by atoms with van der Waals surface area (Å²) in [6.45, 7) is 7.70. The zero-order valence-electron chi connectivity index (χ0n) is 7.69. The molecule has 68 valence electrons. The third kappa shape index (κ3) is 1.56. The van der Waals surface area contributed by atoms with Gasteiger partial charge < -0.3 is 0 Å².